The van der Waals surface area contributed by atoms with Crippen molar-refractivity contribution >= 4 is 26.1 Å². The maximum Gasteiger partial charge on any atom is 0.113 e. The van der Waals surface area contributed by atoms with Gasteiger partial charge in [-0.2, -0.15) is 0 Å². The molecule has 0 aromatic carbocycles. The van der Waals surface area contributed by atoms with Crippen molar-refractivity contribution in [3.8, 4) is 0 Å². The van der Waals surface area contributed by atoms with Gasteiger partial charge in [-0.05, 0) is 20.4 Å². The van der Waals surface area contributed by atoms with E-state index in [1.54, 1.807) is 6.92 Å². The second-order valence-electron chi connectivity index (χ2n) is 1.23. The second-order valence-corrected chi connectivity index (χ2v) is 1.65. The highest BCUT2D eigenvalue weighted by Gasteiger charge is 1.86. The number of hydrogen-bond acceptors (Lipinski definition) is 3. The van der Waals surface area contributed by atoms with Gasteiger partial charge in [0.05, 0.1) is 5.70 Å². The summed E-state index contributed by atoms with van der Waals surface area (Å²) in [6, 6.07) is 0. The van der Waals surface area contributed by atoms with Crippen LogP contribution >= 0.6 is 12.6 Å². The molecule has 0 spiro atoms. The first kappa shape index (κ1) is 12.1. The van der Waals surface area contributed by atoms with Crippen molar-refractivity contribution < 1.29 is 0 Å². The van der Waals surface area contributed by atoms with Gasteiger partial charge in [0.15, 0.2) is 0 Å². The molecule has 0 saturated heterocycles. The molecule has 0 saturated carbocycles. The molecule has 0 aliphatic heterocycles. The van der Waals surface area contributed by atoms with E-state index in [4.69, 9.17) is 0 Å². The zero-order valence-electron chi connectivity index (χ0n) is 6.76. The van der Waals surface area contributed by atoms with E-state index in [-0.39, 0.29) is 0 Å². The van der Waals surface area contributed by atoms with Crippen LogP contribution in [-0.2, 0) is 0 Å². The molecule has 0 rings (SSSR count). The highest BCUT2D eigenvalue weighted by molar-refractivity contribution is 7.84. The quantitative estimate of drug-likeness (QED) is 0.472. The first-order valence-electron chi connectivity index (χ1n) is 3.05. The Morgan fingerprint density at radius 1 is 1.20 bits per heavy atom. The number of hydrogen-bond donors (Lipinski definition) is 1. The Labute approximate surface area is 68.2 Å². The molecule has 0 atom stereocenters. The minimum Gasteiger partial charge on any atom is -0.267 e. The molecule has 0 aliphatic carbocycles. The molecule has 0 aliphatic rings. The summed E-state index contributed by atoms with van der Waals surface area (Å²) in [6.07, 6.45) is 0. The minimum absolute atomic E-state index is 0.528. The maximum atomic E-state index is 3.92. The Morgan fingerprint density at radius 3 is 1.70 bits per heavy atom. The van der Waals surface area contributed by atoms with Crippen molar-refractivity contribution in [1.29, 1.82) is 0 Å². The number of aliphatic imine (C=N–C) groups is 2. The fourth-order valence-corrected chi connectivity index (χ4v) is 0.256. The molecule has 0 amide bonds. The fraction of sp³-hybridized carbons (Fsp3) is 0.429. The largest absolute Gasteiger partial charge is 0.267 e. The van der Waals surface area contributed by atoms with Gasteiger partial charge in [0, 0.05) is 0 Å². The van der Waals surface area contributed by atoms with Crippen LogP contribution in [0.5, 0.6) is 0 Å². The summed E-state index contributed by atoms with van der Waals surface area (Å²) < 4.78 is 0. The van der Waals surface area contributed by atoms with Crippen LogP contribution in [-0.4, -0.2) is 13.4 Å². The molecule has 0 aromatic heterocycles. The summed E-state index contributed by atoms with van der Waals surface area (Å²) in [5.41, 5.74) is 0.698. The van der Waals surface area contributed by atoms with E-state index in [2.05, 4.69) is 36.0 Å². The zero-order valence-corrected chi connectivity index (χ0v) is 7.65. The van der Waals surface area contributed by atoms with E-state index < -0.39 is 0 Å². The minimum atomic E-state index is 0.528. The third-order valence-electron chi connectivity index (χ3n) is 0.711. The van der Waals surface area contributed by atoms with Gasteiger partial charge in [-0.3, -0.25) is 9.98 Å². The molecular formula is C7H14N2S. The van der Waals surface area contributed by atoms with E-state index >= 15 is 0 Å². The molecule has 3 heteroatoms. The van der Waals surface area contributed by atoms with Gasteiger partial charge in [-0.25, -0.2) is 0 Å². The van der Waals surface area contributed by atoms with E-state index in [0.717, 1.165) is 0 Å². The van der Waals surface area contributed by atoms with Gasteiger partial charge in [0.25, 0.3) is 0 Å². The lowest BCUT2D eigenvalue weighted by Gasteiger charge is -1.89. The summed E-state index contributed by atoms with van der Waals surface area (Å²) in [6.45, 7) is 12.3. The van der Waals surface area contributed by atoms with Crippen molar-refractivity contribution in [3.05, 3.63) is 10.7 Å². The lowest BCUT2D eigenvalue weighted by molar-refractivity contribution is 1.27. The number of nitrogens with zero attached hydrogens (tertiary/aromatic N) is 2. The molecule has 58 valence electrons. The first-order chi connectivity index (χ1) is 4.72. The van der Waals surface area contributed by atoms with Crippen LogP contribution in [0.1, 0.15) is 20.8 Å². The van der Waals surface area contributed by atoms with E-state index in [1.165, 1.54) is 0 Å². The summed E-state index contributed by atoms with van der Waals surface area (Å²) in [5.74, 6) is 0. The van der Waals surface area contributed by atoms with E-state index in [9.17, 15) is 0 Å². The molecule has 0 heterocycles. The molecular weight excluding hydrogens is 144 g/mol. The molecule has 0 radical (unpaired) electrons. The molecule has 0 N–H and O–H groups in total. The average molecular weight is 158 g/mol. The maximum absolute atomic E-state index is 3.92. The van der Waals surface area contributed by atoms with Gasteiger partial charge in [-0.1, -0.05) is 13.8 Å². The molecule has 0 fully saturated rings. The average Bonchev–Trinajstić information content (AvgIpc) is 2.05. The molecule has 10 heavy (non-hydrogen) atoms. The molecule has 0 unspecified atom stereocenters. The Morgan fingerprint density at radius 2 is 1.60 bits per heavy atom. The standard InChI is InChI=1S/C5H8N2S.C2H6/c1-4(6-2)5(8)7-3;1-2/h8H,2-3H2,1H3;1-2H3/b5-4+;. The van der Waals surface area contributed by atoms with Crippen molar-refractivity contribution in [1.82, 2.24) is 0 Å². The number of thiol groups is 1. The molecule has 2 nitrogen and oxygen atoms in total. The predicted molar refractivity (Wildman–Crippen MR) is 52.1 cm³/mol. The van der Waals surface area contributed by atoms with Crippen LogP contribution in [0.4, 0.5) is 0 Å². The van der Waals surface area contributed by atoms with Crippen molar-refractivity contribution in [2.45, 2.75) is 20.8 Å². The second kappa shape index (κ2) is 8.43. The SMILES string of the molecule is C=N/C(C)=C(/S)N=C.CC. The zero-order chi connectivity index (χ0) is 8.57. The van der Waals surface area contributed by atoms with Crippen LogP contribution in [0.3, 0.4) is 0 Å². The van der Waals surface area contributed by atoms with Gasteiger partial charge >= 0.3 is 0 Å². The summed E-state index contributed by atoms with van der Waals surface area (Å²) in [5, 5.41) is 0.528. The smallest absolute Gasteiger partial charge is 0.113 e. The number of allylic oxidation sites excluding steroid dienone is 1. The third kappa shape index (κ3) is 5.56. The normalized spacial score (nSPS) is 10.4. The van der Waals surface area contributed by atoms with Crippen molar-refractivity contribution in [3.63, 3.8) is 0 Å². The van der Waals surface area contributed by atoms with Crippen LogP contribution < -0.4 is 0 Å². The lowest BCUT2D eigenvalue weighted by atomic mass is 10.6. The topological polar surface area (TPSA) is 24.7 Å². The van der Waals surface area contributed by atoms with Gasteiger partial charge in [0.2, 0.25) is 0 Å². The first-order valence-corrected chi connectivity index (χ1v) is 3.50. The van der Waals surface area contributed by atoms with Gasteiger partial charge in [-0.15, -0.1) is 12.6 Å². The third-order valence-corrected chi connectivity index (χ3v) is 1.18. The van der Waals surface area contributed by atoms with Crippen LogP contribution in [0, 0.1) is 0 Å². The van der Waals surface area contributed by atoms with E-state index in [1.807, 2.05) is 13.8 Å². The van der Waals surface area contributed by atoms with Gasteiger partial charge < -0.3 is 0 Å². The highest BCUT2D eigenvalue weighted by atomic mass is 32.1. The lowest BCUT2D eigenvalue weighted by Crippen LogP contribution is -1.69. The highest BCUT2D eigenvalue weighted by Crippen LogP contribution is 2.08. The Bertz CT molecular complexity index is 123. The summed E-state index contributed by atoms with van der Waals surface area (Å²) >= 11 is 3.92. The van der Waals surface area contributed by atoms with Crippen molar-refractivity contribution in [2.75, 3.05) is 0 Å². The predicted octanol–water partition coefficient (Wildman–Crippen LogP) is 2.53. The Kier molecular flexibility index (Phi) is 10.2. The van der Waals surface area contributed by atoms with Crippen LogP contribution in [0.25, 0.3) is 0 Å². The number of rotatable bonds is 2. The molecule has 0 bridgehead atoms. The molecule has 0 aromatic rings. The monoisotopic (exact) mass is 158 g/mol. The Hall–Kier alpha value is -0.570. The van der Waals surface area contributed by atoms with Crippen LogP contribution in [0.15, 0.2) is 20.7 Å². The van der Waals surface area contributed by atoms with Gasteiger partial charge in [0.1, 0.15) is 5.03 Å². The van der Waals surface area contributed by atoms with Crippen molar-refractivity contribution in [2.24, 2.45) is 9.98 Å². The van der Waals surface area contributed by atoms with E-state index in [0.29, 0.717) is 10.7 Å². The summed E-state index contributed by atoms with van der Waals surface area (Å²) in [4.78, 5) is 7.10. The van der Waals surface area contributed by atoms with Crippen LogP contribution in [0.2, 0.25) is 0 Å². The summed E-state index contributed by atoms with van der Waals surface area (Å²) in [7, 11) is 0. The fourth-order valence-electron chi connectivity index (χ4n) is 0.185. The Balaban J connectivity index is 0.